The highest BCUT2D eigenvalue weighted by Crippen LogP contribution is 2.17. The maximum atomic E-state index is 5.68. The number of hydrogen-bond acceptors (Lipinski definition) is 5. The molecule has 0 aliphatic carbocycles. The number of aryl methyl sites for hydroxylation is 1. The molecule has 1 unspecified atom stereocenters. The molecule has 1 saturated heterocycles. The summed E-state index contributed by atoms with van der Waals surface area (Å²) in [5, 5.41) is 2.97. The molecule has 82 valence electrons. The first-order valence-electron chi connectivity index (χ1n) is 5.06. The predicted octanol–water partition coefficient (Wildman–Crippen LogP) is 0.994. The SMILES string of the molecule is CNc1cc(OC2CCOC2)nc(C)n1. The lowest BCUT2D eigenvalue weighted by Crippen LogP contribution is -2.17. The van der Waals surface area contributed by atoms with Gasteiger partial charge in [-0.2, -0.15) is 4.98 Å². The van der Waals surface area contributed by atoms with Gasteiger partial charge in [-0.1, -0.05) is 0 Å². The summed E-state index contributed by atoms with van der Waals surface area (Å²) in [6.45, 7) is 3.27. The topological polar surface area (TPSA) is 56.3 Å². The summed E-state index contributed by atoms with van der Waals surface area (Å²) in [7, 11) is 1.82. The fraction of sp³-hybridized carbons (Fsp3) is 0.600. The average molecular weight is 209 g/mol. The van der Waals surface area contributed by atoms with Gasteiger partial charge in [0.05, 0.1) is 13.2 Å². The second-order valence-corrected chi connectivity index (χ2v) is 3.49. The van der Waals surface area contributed by atoms with Crippen molar-refractivity contribution in [2.24, 2.45) is 0 Å². The monoisotopic (exact) mass is 209 g/mol. The molecule has 0 bridgehead atoms. The van der Waals surface area contributed by atoms with Crippen molar-refractivity contribution >= 4 is 5.82 Å². The Morgan fingerprint density at radius 3 is 3.07 bits per heavy atom. The third-order valence-corrected chi connectivity index (χ3v) is 2.25. The van der Waals surface area contributed by atoms with E-state index in [-0.39, 0.29) is 6.10 Å². The Balaban J connectivity index is 2.09. The van der Waals surface area contributed by atoms with Crippen LogP contribution in [-0.4, -0.2) is 36.3 Å². The van der Waals surface area contributed by atoms with Crippen molar-refractivity contribution in [1.29, 1.82) is 0 Å². The predicted molar refractivity (Wildman–Crippen MR) is 56.2 cm³/mol. The standard InChI is InChI=1S/C10H15N3O2/c1-7-12-9(11-2)5-10(13-7)15-8-3-4-14-6-8/h5,8H,3-4,6H2,1-2H3,(H,11,12,13). The van der Waals surface area contributed by atoms with Gasteiger partial charge in [-0.25, -0.2) is 4.98 Å². The molecule has 1 fully saturated rings. The Hall–Kier alpha value is -1.36. The first kappa shape index (κ1) is 10.2. The van der Waals surface area contributed by atoms with Gasteiger partial charge in [0.25, 0.3) is 0 Å². The highest BCUT2D eigenvalue weighted by molar-refractivity contribution is 5.37. The van der Waals surface area contributed by atoms with E-state index in [9.17, 15) is 0 Å². The molecule has 2 rings (SSSR count). The van der Waals surface area contributed by atoms with Crippen LogP contribution < -0.4 is 10.1 Å². The largest absolute Gasteiger partial charge is 0.472 e. The summed E-state index contributed by atoms with van der Waals surface area (Å²) in [4.78, 5) is 8.41. The molecule has 0 saturated carbocycles. The van der Waals surface area contributed by atoms with Crippen LogP contribution in [0.2, 0.25) is 0 Å². The molecule has 0 radical (unpaired) electrons. The number of nitrogens with zero attached hydrogens (tertiary/aromatic N) is 2. The Kier molecular flexibility index (Phi) is 3.01. The van der Waals surface area contributed by atoms with Crippen molar-refractivity contribution < 1.29 is 9.47 Å². The molecular formula is C10H15N3O2. The number of rotatable bonds is 3. The van der Waals surface area contributed by atoms with Crippen LogP contribution in [0.5, 0.6) is 5.88 Å². The Labute approximate surface area is 88.8 Å². The van der Waals surface area contributed by atoms with E-state index in [2.05, 4.69) is 15.3 Å². The summed E-state index contributed by atoms with van der Waals surface area (Å²) in [5.74, 6) is 2.09. The first-order valence-corrected chi connectivity index (χ1v) is 5.06. The quantitative estimate of drug-likeness (QED) is 0.804. The second kappa shape index (κ2) is 4.44. The van der Waals surface area contributed by atoms with Gasteiger partial charge in [0.1, 0.15) is 17.7 Å². The van der Waals surface area contributed by atoms with Gasteiger partial charge >= 0.3 is 0 Å². The van der Waals surface area contributed by atoms with Crippen LogP contribution in [0.15, 0.2) is 6.07 Å². The van der Waals surface area contributed by atoms with Gasteiger partial charge in [-0.3, -0.25) is 0 Å². The highest BCUT2D eigenvalue weighted by atomic mass is 16.5. The normalized spacial score (nSPS) is 20.3. The molecule has 0 amide bonds. The summed E-state index contributed by atoms with van der Waals surface area (Å²) in [6.07, 6.45) is 1.06. The number of nitrogens with one attached hydrogen (secondary N) is 1. The Morgan fingerprint density at radius 2 is 2.40 bits per heavy atom. The minimum absolute atomic E-state index is 0.129. The summed E-state index contributed by atoms with van der Waals surface area (Å²) >= 11 is 0. The number of hydrogen-bond donors (Lipinski definition) is 1. The van der Waals surface area contributed by atoms with Crippen LogP contribution in [0.4, 0.5) is 5.82 Å². The van der Waals surface area contributed by atoms with Gasteiger partial charge in [-0.15, -0.1) is 0 Å². The van der Waals surface area contributed by atoms with Crippen LogP contribution in [0.1, 0.15) is 12.2 Å². The zero-order valence-electron chi connectivity index (χ0n) is 8.99. The molecule has 1 N–H and O–H groups in total. The van der Waals surface area contributed by atoms with E-state index < -0.39 is 0 Å². The third kappa shape index (κ3) is 2.56. The van der Waals surface area contributed by atoms with Crippen LogP contribution in [0, 0.1) is 6.92 Å². The van der Waals surface area contributed by atoms with Crippen molar-refractivity contribution in [2.75, 3.05) is 25.6 Å². The molecule has 5 heteroatoms. The average Bonchev–Trinajstić information content (AvgIpc) is 2.69. The van der Waals surface area contributed by atoms with Crippen molar-refractivity contribution in [3.63, 3.8) is 0 Å². The van der Waals surface area contributed by atoms with Gasteiger partial charge in [-0.05, 0) is 6.92 Å². The first-order chi connectivity index (χ1) is 7.28. The zero-order chi connectivity index (χ0) is 10.7. The molecule has 1 aromatic rings. The minimum Gasteiger partial charge on any atom is -0.472 e. The lowest BCUT2D eigenvalue weighted by atomic mass is 10.3. The van der Waals surface area contributed by atoms with E-state index in [1.165, 1.54) is 0 Å². The smallest absolute Gasteiger partial charge is 0.219 e. The lowest BCUT2D eigenvalue weighted by Gasteiger charge is -2.11. The van der Waals surface area contributed by atoms with Crippen molar-refractivity contribution in [2.45, 2.75) is 19.4 Å². The molecule has 0 spiro atoms. The third-order valence-electron chi connectivity index (χ3n) is 2.25. The van der Waals surface area contributed by atoms with E-state index in [0.717, 1.165) is 18.8 Å². The van der Waals surface area contributed by atoms with E-state index in [1.807, 2.05) is 14.0 Å². The van der Waals surface area contributed by atoms with Crippen molar-refractivity contribution in [3.05, 3.63) is 11.9 Å². The Bertz CT molecular complexity index is 337. The molecule has 15 heavy (non-hydrogen) atoms. The summed E-state index contributed by atoms with van der Waals surface area (Å²) in [5.41, 5.74) is 0. The number of anilines is 1. The molecule has 0 aromatic carbocycles. The number of aromatic nitrogens is 2. The molecule has 1 aliphatic heterocycles. The molecular weight excluding hydrogens is 194 g/mol. The molecule has 1 aliphatic rings. The molecule has 1 aromatic heterocycles. The maximum absolute atomic E-state index is 5.68. The van der Waals surface area contributed by atoms with Gasteiger partial charge < -0.3 is 14.8 Å². The van der Waals surface area contributed by atoms with E-state index in [4.69, 9.17) is 9.47 Å². The Morgan fingerprint density at radius 1 is 1.53 bits per heavy atom. The summed E-state index contributed by atoms with van der Waals surface area (Å²) < 4.78 is 10.9. The molecule has 5 nitrogen and oxygen atoms in total. The van der Waals surface area contributed by atoms with Gasteiger partial charge in [0.15, 0.2) is 0 Å². The fourth-order valence-electron chi connectivity index (χ4n) is 1.51. The second-order valence-electron chi connectivity index (χ2n) is 3.49. The van der Waals surface area contributed by atoms with Crippen LogP contribution in [0.3, 0.4) is 0 Å². The van der Waals surface area contributed by atoms with Crippen molar-refractivity contribution in [1.82, 2.24) is 9.97 Å². The van der Waals surface area contributed by atoms with Crippen LogP contribution in [0.25, 0.3) is 0 Å². The van der Waals surface area contributed by atoms with E-state index in [0.29, 0.717) is 18.3 Å². The fourth-order valence-corrected chi connectivity index (χ4v) is 1.51. The van der Waals surface area contributed by atoms with Gasteiger partial charge in [0.2, 0.25) is 5.88 Å². The van der Waals surface area contributed by atoms with Gasteiger partial charge in [0, 0.05) is 19.5 Å². The van der Waals surface area contributed by atoms with Crippen molar-refractivity contribution in [3.8, 4) is 5.88 Å². The minimum atomic E-state index is 0.129. The highest BCUT2D eigenvalue weighted by Gasteiger charge is 2.18. The van der Waals surface area contributed by atoms with Crippen LogP contribution in [-0.2, 0) is 4.74 Å². The maximum Gasteiger partial charge on any atom is 0.219 e. The lowest BCUT2D eigenvalue weighted by molar-refractivity contribution is 0.138. The zero-order valence-corrected chi connectivity index (χ0v) is 8.99. The molecule has 2 heterocycles. The van der Waals surface area contributed by atoms with E-state index in [1.54, 1.807) is 6.07 Å². The molecule has 1 atom stereocenters. The van der Waals surface area contributed by atoms with E-state index >= 15 is 0 Å². The van der Waals surface area contributed by atoms with Crippen LogP contribution >= 0.6 is 0 Å². The summed E-state index contributed by atoms with van der Waals surface area (Å²) in [6, 6.07) is 1.80. The number of ether oxygens (including phenoxy) is 2.